The molecule has 0 fully saturated rings. The van der Waals surface area contributed by atoms with Gasteiger partial charge in [0.2, 0.25) is 0 Å². The fourth-order valence-electron chi connectivity index (χ4n) is 3.86. The fraction of sp³-hybridized carbons (Fsp3) is 0.167. The normalized spacial score (nSPS) is 15.8. The lowest BCUT2D eigenvalue weighted by atomic mass is 10.0. The van der Waals surface area contributed by atoms with Crippen LogP contribution in [0.25, 0.3) is 10.9 Å². The molecule has 150 valence electrons. The van der Waals surface area contributed by atoms with E-state index in [0.29, 0.717) is 6.42 Å². The van der Waals surface area contributed by atoms with Gasteiger partial charge in [0.1, 0.15) is 5.75 Å². The van der Waals surface area contributed by atoms with E-state index in [2.05, 4.69) is 33.0 Å². The third-order valence-corrected chi connectivity index (χ3v) is 5.67. The van der Waals surface area contributed by atoms with Crippen molar-refractivity contribution in [3.05, 3.63) is 94.9 Å². The average Bonchev–Trinajstić information content (AvgIpc) is 3.41. The maximum atomic E-state index is 6.04. The summed E-state index contributed by atoms with van der Waals surface area (Å²) in [6, 6.07) is 18.0. The Morgan fingerprint density at radius 1 is 1.10 bits per heavy atom. The van der Waals surface area contributed by atoms with Gasteiger partial charge in [-0.05, 0) is 48.0 Å². The number of ether oxygens (including phenoxy) is 1. The zero-order valence-corrected chi connectivity index (χ0v) is 17.2. The number of oxime groups is 1. The molecule has 5 rings (SSSR count). The summed E-state index contributed by atoms with van der Waals surface area (Å²) in [7, 11) is 1.68. The van der Waals surface area contributed by atoms with Gasteiger partial charge in [0, 0.05) is 58.6 Å². The lowest BCUT2D eigenvalue weighted by Crippen LogP contribution is -2.02. The standard InChI is InChI=1S/C24H20ClN3O2/c1-29-19-6-7-23-20(12-19)21(15-28(23)14-16-2-4-18(25)5-3-16)24-13-22(27-30-24)17-8-10-26-11-9-17/h2-12,15,24H,13-14H2,1H3. The molecular weight excluding hydrogens is 398 g/mol. The van der Waals surface area contributed by atoms with E-state index in [1.54, 1.807) is 19.5 Å². The van der Waals surface area contributed by atoms with Crippen LogP contribution < -0.4 is 4.74 Å². The lowest BCUT2D eigenvalue weighted by molar-refractivity contribution is 0.0866. The first-order valence-corrected chi connectivity index (χ1v) is 10.1. The first-order valence-electron chi connectivity index (χ1n) is 9.75. The SMILES string of the molecule is COc1ccc2c(c1)c(C1CC(c3ccncc3)=NO1)cn2Cc1ccc(Cl)cc1. The van der Waals surface area contributed by atoms with Crippen LogP contribution in [0.4, 0.5) is 0 Å². The van der Waals surface area contributed by atoms with Crippen LogP contribution in [0.1, 0.15) is 29.2 Å². The van der Waals surface area contributed by atoms with Gasteiger partial charge in [0.15, 0.2) is 6.10 Å². The van der Waals surface area contributed by atoms with E-state index in [0.717, 1.165) is 45.1 Å². The molecule has 0 N–H and O–H groups in total. The van der Waals surface area contributed by atoms with E-state index < -0.39 is 0 Å². The highest BCUT2D eigenvalue weighted by molar-refractivity contribution is 6.30. The summed E-state index contributed by atoms with van der Waals surface area (Å²) in [5.74, 6) is 0.821. The minimum Gasteiger partial charge on any atom is -0.497 e. The third-order valence-electron chi connectivity index (χ3n) is 5.41. The number of pyridine rings is 1. The molecule has 0 saturated heterocycles. The Labute approximate surface area is 179 Å². The summed E-state index contributed by atoms with van der Waals surface area (Å²) in [6.07, 6.45) is 6.27. The van der Waals surface area contributed by atoms with Crippen LogP contribution in [-0.4, -0.2) is 22.4 Å². The predicted octanol–water partition coefficient (Wildman–Crippen LogP) is 5.61. The van der Waals surface area contributed by atoms with Crippen molar-refractivity contribution in [2.24, 2.45) is 5.16 Å². The monoisotopic (exact) mass is 417 g/mol. The number of nitrogens with zero attached hydrogens (tertiary/aromatic N) is 3. The van der Waals surface area contributed by atoms with Crippen molar-refractivity contribution >= 4 is 28.2 Å². The summed E-state index contributed by atoms with van der Waals surface area (Å²) in [5.41, 5.74) is 5.38. The molecule has 30 heavy (non-hydrogen) atoms. The second-order valence-corrected chi connectivity index (χ2v) is 7.73. The van der Waals surface area contributed by atoms with E-state index in [1.165, 1.54) is 5.56 Å². The highest BCUT2D eigenvalue weighted by atomic mass is 35.5. The van der Waals surface area contributed by atoms with Crippen molar-refractivity contribution in [3.63, 3.8) is 0 Å². The predicted molar refractivity (Wildman–Crippen MR) is 118 cm³/mol. The van der Waals surface area contributed by atoms with Crippen LogP contribution in [0, 0.1) is 0 Å². The number of hydrogen-bond donors (Lipinski definition) is 0. The van der Waals surface area contributed by atoms with Crippen LogP contribution in [0.2, 0.25) is 5.02 Å². The van der Waals surface area contributed by atoms with Crippen LogP contribution in [0.15, 0.2) is 78.3 Å². The van der Waals surface area contributed by atoms with Crippen LogP contribution in [0.3, 0.4) is 0 Å². The van der Waals surface area contributed by atoms with E-state index in [4.69, 9.17) is 21.2 Å². The summed E-state index contributed by atoms with van der Waals surface area (Å²) in [5, 5.41) is 6.20. The summed E-state index contributed by atoms with van der Waals surface area (Å²) in [4.78, 5) is 9.94. The van der Waals surface area contributed by atoms with Crippen LogP contribution in [-0.2, 0) is 11.4 Å². The molecule has 1 unspecified atom stereocenters. The number of hydrogen-bond acceptors (Lipinski definition) is 4. The Hall–Kier alpha value is -3.31. The first kappa shape index (κ1) is 18.7. The second-order valence-electron chi connectivity index (χ2n) is 7.29. The van der Waals surface area contributed by atoms with Crippen LogP contribution in [0.5, 0.6) is 5.75 Å². The van der Waals surface area contributed by atoms with Crippen molar-refractivity contribution in [1.82, 2.24) is 9.55 Å². The van der Waals surface area contributed by atoms with Crippen molar-refractivity contribution in [1.29, 1.82) is 0 Å². The van der Waals surface area contributed by atoms with Gasteiger partial charge in [-0.3, -0.25) is 4.98 Å². The molecule has 1 aliphatic heterocycles. The second kappa shape index (κ2) is 7.84. The van der Waals surface area contributed by atoms with Gasteiger partial charge in [-0.1, -0.05) is 28.9 Å². The molecule has 5 nitrogen and oxygen atoms in total. The van der Waals surface area contributed by atoms with E-state index >= 15 is 0 Å². The molecule has 3 heterocycles. The third kappa shape index (κ3) is 3.53. The van der Waals surface area contributed by atoms with Crippen LogP contribution >= 0.6 is 11.6 Å². The molecule has 1 atom stereocenters. The molecular formula is C24H20ClN3O2. The van der Waals surface area contributed by atoms with Crippen molar-refractivity contribution in [2.75, 3.05) is 7.11 Å². The van der Waals surface area contributed by atoms with Gasteiger partial charge in [0.05, 0.1) is 12.8 Å². The molecule has 0 amide bonds. The minimum absolute atomic E-state index is 0.144. The lowest BCUT2D eigenvalue weighted by Gasteiger charge is -2.07. The molecule has 6 heteroatoms. The molecule has 4 aromatic rings. The highest BCUT2D eigenvalue weighted by Crippen LogP contribution is 2.37. The molecule has 0 bridgehead atoms. The number of aromatic nitrogens is 2. The maximum absolute atomic E-state index is 6.04. The maximum Gasteiger partial charge on any atom is 0.160 e. The topological polar surface area (TPSA) is 48.6 Å². The molecule has 2 aromatic carbocycles. The number of rotatable bonds is 5. The number of methoxy groups -OCH3 is 1. The quantitative estimate of drug-likeness (QED) is 0.424. The largest absolute Gasteiger partial charge is 0.497 e. The van der Waals surface area contributed by atoms with E-state index in [-0.39, 0.29) is 6.10 Å². The fourth-order valence-corrected chi connectivity index (χ4v) is 3.99. The van der Waals surface area contributed by atoms with Gasteiger partial charge in [-0.25, -0.2) is 0 Å². The molecule has 0 saturated carbocycles. The van der Waals surface area contributed by atoms with Crippen molar-refractivity contribution in [3.8, 4) is 5.75 Å². The van der Waals surface area contributed by atoms with Gasteiger partial charge < -0.3 is 14.1 Å². The molecule has 0 spiro atoms. The van der Waals surface area contributed by atoms with E-state index in [1.807, 2.05) is 42.5 Å². The molecule has 2 aromatic heterocycles. The van der Waals surface area contributed by atoms with Gasteiger partial charge in [-0.15, -0.1) is 0 Å². The average molecular weight is 418 g/mol. The number of fused-ring (bicyclic) bond motifs is 1. The van der Waals surface area contributed by atoms with Gasteiger partial charge >= 0.3 is 0 Å². The number of halogens is 1. The summed E-state index contributed by atoms with van der Waals surface area (Å²) < 4.78 is 7.71. The Kier molecular flexibility index (Phi) is 4.89. The Balaban J connectivity index is 1.51. The first-order chi connectivity index (χ1) is 14.7. The van der Waals surface area contributed by atoms with E-state index in [9.17, 15) is 0 Å². The summed E-state index contributed by atoms with van der Waals surface area (Å²) >= 11 is 6.04. The summed E-state index contributed by atoms with van der Waals surface area (Å²) in [6.45, 7) is 0.741. The molecule has 0 aliphatic carbocycles. The van der Waals surface area contributed by atoms with Crippen molar-refractivity contribution < 1.29 is 9.57 Å². The Morgan fingerprint density at radius 3 is 2.67 bits per heavy atom. The van der Waals surface area contributed by atoms with Gasteiger partial charge in [0.25, 0.3) is 0 Å². The smallest absolute Gasteiger partial charge is 0.160 e. The van der Waals surface area contributed by atoms with Crippen molar-refractivity contribution in [2.45, 2.75) is 19.1 Å². The van der Waals surface area contributed by atoms with Gasteiger partial charge in [-0.2, -0.15) is 0 Å². The zero-order chi connectivity index (χ0) is 20.5. The molecule has 1 aliphatic rings. The minimum atomic E-state index is -0.144. The molecule has 0 radical (unpaired) electrons. The number of benzene rings is 2. The highest BCUT2D eigenvalue weighted by Gasteiger charge is 2.27. The zero-order valence-electron chi connectivity index (χ0n) is 16.5. The Bertz CT molecular complexity index is 1220. The Morgan fingerprint density at radius 2 is 1.90 bits per heavy atom.